The molecule has 2 N–H and O–H groups in total. The lowest BCUT2D eigenvalue weighted by atomic mass is 10.1. The van der Waals surface area contributed by atoms with Crippen molar-refractivity contribution in [1.29, 1.82) is 0 Å². The van der Waals surface area contributed by atoms with Crippen LogP contribution in [0.5, 0.6) is 0 Å². The first-order valence-electron chi connectivity index (χ1n) is 8.02. The minimum Gasteiger partial charge on any atom is -0.445 e. The number of carbonyl (C=O) groups is 1. The Labute approximate surface area is 147 Å². The van der Waals surface area contributed by atoms with E-state index in [2.05, 4.69) is 5.32 Å². The molecule has 128 valence electrons. The number of benzene rings is 2. The first-order chi connectivity index (χ1) is 11.7. The minimum absolute atomic E-state index is 0.216. The lowest BCUT2D eigenvalue weighted by molar-refractivity contribution is 0.105. The van der Waals surface area contributed by atoms with Crippen molar-refractivity contribution in [2.75, 3.05) is 5.75 Å². The van der Waals surface area contributed by atoms with E-state index in [0.29, 0.717) is 12.2 Å². The van der Waals surface area contributed by atoms with Crippen molar-refractivity contribution in [2.45, 2.75) is 37.0 Å². The highest BCUT2D eigenvalue weighted by Gasteiger charge is 2.21. The maximum absolute atomic E-state index is 12.0. The average Bonchev–Trinajstić information content (AvgIpc) is 2.64. The Morgan fingerprint density at radius 2 is 1.75 bits per heavy atom. The predicted molar refractivity (Wildman–Crippen MR) is 97.0 cm³/mol. The lowest BCUT2D eigenvalue weighted by Crippen LogP contribution is -2.45. The first-order valence-corrected chi connectivity index (χ1v) is 9.00. The fourth-order valence-corrected chi connectivity index (χ4v) is 3.18. The van der Waals surface area contributed by atoms with Crippen LogP contribution in [-0.2, 0) is 11.3 Å². The maximum atomic E-state index is 12.0. The number of alkyl carbamates (subject to hydrolysis) is 1. The van der Waals surface area contributed by atoms with Gasteiger partial charge in [0.2, 0.25) is 0 Å². The summed E-state index contributed by atoms with van der Waals surface area (Å²) in [6, 6.07) is 19.1. The highest BCUT2D eigenvalue weighted by molar-refractivity contribution is 7.99. The Balaban J connectivity index is 1.84. The van der Waals surface area contributed by atoms with Crippen LogP contribution in [0.3, 0.4) is 0 Å². The molecule has 0 fully saturated rings. The van der Waals surface area contributed by atoms with Gasteiger partial charge in [-0.3, -0.25) is 0 Å². The molecule has 2 atom stereocenters. The van der Waals surface area contributed by atoms with Crippen molar-refractivity contribution in [3.63, 3.8) is 0 Å². The molecule has 0 saturated heterocycles. The van der Waals surface area contributed by atoms with Crippen LogP contribution in [0.2, 0.25) is 0 Å². The van der Waals surface area contributed by atoms with Gasteiger partial charge in [0.05, 0.1) is 12.1 Å². The first kappa shape index (κ1) is 18.4. The Hall–Kier alpha value is -1.98. The van der Waals surface area contributed by atoms with E-state index in [0.717, 1.165) is 10.5 Å². The third-order valence-electron chi connectivity index (χ3n) is 3.57. The van der Waals surface area contributed by atoms with Crippen molar-refractivity contribution >= 4 is 17.9 Å². The number of aliphatic hydroxyl groups excluding tert-OH is 1. The second-order valence-electron chi connectivity index (χ2n) is 5.41. The molecule has 0 spiro atoms. The standard InChI is InChI=1S/C19H23NO3S/c1-2-18(21)17(14-24-16-11-7-4-8-12-16)20-19(22)23-13-15-9-5-3-6-10-15/h3-12,17-18,21H,2,13-14H2,1H3,(H,20,22)/t17-,18+/m0/s1. The van der Waals surface area contributed by atoms with Crippen LogP contribution >= 0.6 is 11.8 Å². The number of aliphatic hydroxyl groups is 1. The third kappa shape index (κ3) is 6.26. The van der Waals surface area contributed by atoms with E-state index in [1.807, 2.05) is 67.6 Å². The summed E-state index contributed by atoms with van der Waals surface area (Å²) in [7, 11) is 0. The molecule has 24 heavy (non-hydrogen) atoms. The largest absolute Gasteiger partial charge is 0.445 e. The Morgan fingerprint density at radius 1 is 1.12 bits per heavy atom. The molecule has 1 amide bonds. The van der Waals surface area contributed by atoms with E-state index >= 15 is 0 Å². The van der Waals surface area contributed by atoms with Crippen LogP contribution in [0.4, 0.5) is 4.79 Å². The molecular weight excluding hydrogens is 322 g/mol. The van der Waals surface area contributed by atoms with Crippen molar-refractivity contribution in [3.05, 3.63) is 66.2 Å². The molecule has 0 aliphatic carbocycles. The minimum atomic E-state index is -0.606. The molecule has 5 heteroatoms. The van der Waals surface area contributed by atoms with Gasteiger partial charge in [0.25, 0.3) is 0 Å². The van der Waals surface area contributed by atoms with Crippen LogP contribution in [0.1, 0.15) is 18.9 Å². The summed E-state index contributed by atoms with van der Waals surface area (Å²) >= 11 is 1.60. The second-order valence-corrected chi connectivity index (χ2v) is 6.51. The maximum Gasteiger partial charge on any atom is 0.407 e. The van der Waals surface area contributed by atoms with Crippen LogP contribution in [-0.4, -0.2) is 29.1 Å². The molecule has 4 nitrogen and oxygen atoms in total. The van der Waals surface area contributed by atoms with Gasteiger partial charge in [-0.25, -0.2) is 4.79 Å². The van der Waals surface area contributed by atoms with Gasteiger partial charge in [0, 0.05) is 10.6 Å². The SMILES string of the molecule is CC[C@@H](O)[C@H](CSc1ccccc1)NC(=O)OCc1ccccc1. The van der Waals surface area contributed by atoms with E-state index in [-0.39, 0.29) is 12.6 Å². The Morgan fingerprint density at radius 3 is 2.38 bits per heavy atom. The van der Waals surface area contributed by atoms with Crippen LogP contribution in [0.25, 0.3) is 0 Å². The average molecular weight is 345 g/mol. The summed E-state index contributed by atoms with van der Waals surface area (Å²) in [5.74, 6) is 0.583. The fourth-order valence-electron chi connectivity index (χ4n) is 2.15. The molecular formula is C19H23NO3S. The highest BCUT2D eigenvalue weighted by Crippen LogP contribution is 2.19. The topological polar surface area (TPSA) is 58.6 Å². The quantitative estimate of drug-likeness (QED) is 0.714. The van der Waals surface area contributed by atoms with E-state index in [1.165, 1.54) is 0 Å². The van der Waals surface area contributed by atoms with Crippen LogP contribution in [0.15, 0.2) is 65.6 Å². The van der Waals surface area contributed by atoms with E-state index in [4.69, 9.17) is 4.74 Å². The van der Waals surface area contributed by atoms with Crippen LogP contribution < -0.4 is 5.32 Å². The lowest BCUT2D eigenvalue weighted by Gasteiger charge is -2.22. The summed E-state index contributed by atoms with van der Waals surface area (Å²) in [6.07, 6.45) is -0.547. The van der Waals surface area contributed by atoms with Crippen molar-refractivity contribution < 1.29 is 14.6 Å². The Bertz CT molecular complexity index is 607. The van der Waals surface area contributed by atoms with E-state index in [1.54, 1.807) is 11.8 Å². The van der Waals surface area contributed by atoms with Crippen LogP contribution in [0, 0.1) is 0 Å². The molecule has 0 saturated carbocycles. The van der Waals surface area contributed by atoms with Gasteiger partial charge in [0.1, 0.15) is 6.61 Å². The number of amides is 1. The molecule has 2 aromatic rings. The summed E-state index contributed by atoms with van der Waals surface area (Å²) in [5.41, 5.74) is 0.930. The monoisotopic (exact) mass is 345 g/mol. The molecule has 0 heterocycles. The van der Waals surface area contributed by atoms with Gasteiger partial charge in [-0.05, 0) is 24.1 Å². The summed E-state index contributed by atoms with van der Waals surface area (Å²) < 4.78 is 5.23. The molecule has 0 aliphatic rings. The molecule has 0 aliphatic heterocycles. The smallest absolute Gasteiger partial charge is 0.407 e. The van der Waals surface area contributed by atoms with Gasteiger partial charge in [-0.1, -0.05) is 55.5 Å². The number of carbonyl (C=O) groups excluding carboxylic acids is 1. The van der Waals surface area contributed by atoms with Crippen molar-refractivity contribution in [3.8, 4) is 0 Å². The molecule has 2 aromatic carbocycles. The van der Waals surface area contributed by atoms with E-state index < -0.39 is 12.2 Å². The zero-order chi connectivity index (χ0) is 17.2. The molecule has 0 aromatic heterocycles. The molecule has 0 radical (unpaired) electrons. The predicted octanol–water partition coefficient (Wildman–Crippen LogP) is 3.84. The number of ether oxygens (including phenoxy) is 1. The zero-order valence-electron chi connectivity index (χ0n) is 13.7. The van der Waals surface area contributed by atoms with Gasteiger partial charge < -0.3 is 15.2 Å². The normalized spacial score (nSPS) is 13.1. The third-order valence-corrected chi connectivity index (χ3v) is 4.70. The van der Waals surface area contributed by atoms with Crippen molar-refractivity contribution in [2.24, 2.45) is 0 Å². The number of hydrogen-bond acceptors (Lipinski definition) is 4. The summed E-state index contributed by atoms with van der Waals surface area (Å²) in [4.78, 5) is 13.1. The molecule has 2 rings (SSSR count). The van der Waals surface area contributed by atoms with Gasteiger partial charge in [-0.2, -0.15) is 0 Å². The zero-order valence-corrected chi connectivity index (χ0v) is 14.5. The van der Waals surface area contributed by atoms with Gasteiger partial charge >= 0.3 is 6.09 Å². The molecule has 0 unspecified atom stereocenters. The molecule has 0 bridgehead atoms. The fraction of sp³-hybridized carbons (Fsp3) is 0.316. The highest BCUT2D eigenvalue weighted by atomic mass is 32.2. The number of hydrogen-bond donors (Lipinski definition) is 2. The summed E-state index contributed by atoms with van der Waals surface area (Å²) in [6.45, 7) is 2.11. The van der Waals surface area contributed by atoms with Gasteiger partial charge in [-0.15, -0.1) is 11.8 Å². The second kappa shape index (κ2) is 10.0. The van der Waals surface area contributed by atoms with Gasteiger partial charge in [0.15, 0.2) is 0 Å². The Kier molecular flexibility index (Phi) is 7.65. The number of rotatable bonds is 8. The summed E-state index contributed by atoms with van der Waals surface area (Å²) in [5, 5.41) is 12.9. The number of thioether (sulfide) groups is 1. The number of nitrogens with one attached hydrogen (secondary N) is 1. The van der Waals surface area contributed by atoms with Crippen molar-refractivity contribution in [1.82, 2.24) is 5.32 Å². The van der Waals surface area contributed by atoms with E-state index in [9.17, 15) is 9.90 Å².